The van der Waals surface area contributed by atoms with E-state index in [9.17, 15) is 4.79 Å². The van der Waals surface area contributed by atoms with E-state index in [1.165, 1.54) is 0 Å². The zero-order chi connectivity index (χ0) is 10.3. The first-order valence-corrected chi connectivity index (χ1v) is 4.70. The standard InChI is InChI=1S/C10H13NO3/c1-10(2)4-3-7-6(5-10)8(9(12)13)14-11-7/h3-5H2,1-2H3,(H,12,13). The molecule has 0 radical (unpaired) electrons. The molecule has 0 bridgehead atoms. The first-order valence-electron chi connectivity index (χ1n) is 4.70. The molecule has 4 heteroatoms. The van der Waals surface area contributed by atoms with E-state index >= 15 is 0 Å². The molecule has 1 aromatic heterocycles. The molecule has 1 aliphatic carbocycles. The van der Waals surface area contributed by atoms with Crippen LogP contribution in [0.2, 0.25) is 0 Å². The van der Waals surface area contributed by atoms with Crippen LogP contribution in [0.3, 0.4) is 0 Å². The van der Waals surface area contributed by atoms with Crippen molar-refractivity contribution in [2.24, 2.45) is 5.41 Å². The van der Waals surface area contributed by atoms with Crippen molar-refractivity contribution in [2.75, 3.05) is 0 Å². The molecule has 0 fully saturated rings. The van der Waals surface area contributed by atoms with Crippen molar-refractivity contribution in [3.05, 3.63) is 17.0 Å². The summed E-state index contributed by atoms with van der Waals surface area (Å²) in [6.45, 7) is 4.27. The van der Waals surface area contributed by atoms with Gasteiger partial charge in [-0.2, -0.15) is 0 Å². The van der Waals surface area contributed by atoms with Gasteiger partial charge in [0, 0.05) is 5.56 Å². The van der Waals surface area contributed by atoms with Crippen LogP contribution < -0.4 is 0 Å². The smallest absolute Gasteiger partial charge is 0.375 e. The van der Waals surface area contributed by atoms with E-state index in [-0.39, 0.29) is 11.2 Å². The second kappa shape index (κ2) is 2.83. The van der Waals surface area contributed by atoms with E-state index in [2.05, 4.69) is 19.0 Å². The summed E-state index contributed by atoms with van der Waals surface area (Å²) in [5.41, 5.74) is 1.76. The minimum absolute atomic E-state index is 0.0211. The maximum Gasteiger partial charge on any atom is 0.375 e. The van der Waals surface area contributed by atoms with E-state index in [4.69, 9.17) is 9.63 Å². The Balaban J connectivity index is 2.42. The molecule has 4 nitrogen and oxygen atoms in total. The molecular weight excluding hydrogens is 182 g/mol. The van der Waals surface area contributed by atoms with Gasteiger partial charge in [0.25, 0.3) is 0 Å². The molecule has 14 heavy (non-hydrogen) atoms. The Labute approximate surface area is 81.9 Å². The molecule has 0 amide bonds. The van der Waals surface area contributed by atoms with Gasteiger partial charge in [0.15, 0.2) is 0 Å². The lowest BCUT2D eigenvalue weighted by Crippen LogP contribution is -2.22. The van der Waals surface area contributed by atoms with E-state index < -0.39 is 5.97 Å². The third kappa shape index (κ3) is 1.41. The highest BCUT2D eigenvalue weighted by Crippen LogP contribution is 2.35. The number of carboxylic acid groups (broad SMARTS) is 1. The highest BCUT2D eigenvalue weighted by atomic mass is 16.5. The summed E-state index contributed by atoms with van der Waals surface area (Å²) < 4.78 is 4.82. The van der Waals surface area contributed by atoms with E-state index in [1.54, 1.807) is 0 Å². The van der Waals surface area contributed by atoms with Gasteiger partial charge in [-0.3, -0.25) is 0 Å². The molecule has 0 saturated carbocycles. The zero-order valence-electron chi connectivity index (χ0n) is 8.33. The van der Waals surface area contributed by atoms with Gasteiger partial charge in [-0.25, -0.2) is 4.79 Å². The summed E-state index contributed by atoms with van der Waals surface area (Å²) in [6, 6.07) is 0. The van der Waals surface area contributed by atoms with Crippen molar-refractivity contribution in [2.45, 2.75) is 33.1 Å². The molecule has 2 rings (SSSR count). The van der Waals surface area contributed by atoms with Gasteiger partial charge < -0.3 is 9.63 Å². The number of carbonyl (C=O) groups is 1. The Morgan fingerprint density at radius 3 is 2.93 bits per heavy atom. The summed E-state index contributed by atoms with van der Waals surface area (Å²) in [6.07, 6.45) is 2.60. The molecule has 0 aromatic carbocycles. The Morgan fingerprint density at radius 1 is 1.57 bits per heavy atom. The van der Waals surface area contributed by atoms with E-state index in [0.29, 0.717) is 0 Å². The van der Waals surface area contributed by atoms with Crippen molar-refractivity contribution >= 4 is 5.97 Å². The lowest BCUT2D eigenvalue weighted by Gasteiger charge is -2.28. The fraction of sp³-hybridized carbons (Fsp3) is 0.600. The van der Waals surface area contributed by atoms with Gasteiger partial charge in [0.2, 0.25) is 5.76 Å². The van der Waals surface area contributed by atoms with E-state index in [1.807, 2.05) is 0 Å². The van der Waals surface area contributed by atoms with Crippen LogP contribution in [-0.2, 0) is 12.8 Å². The van der Waals surface area contributed by atoms with Crippen LogP contribution in [0.25, 0.3) is 0 Å². The zero-order valence-corrected chi connectivity index (χ0v) is 8.33. The topological polar surface area (TPSA) is 63.3 Å². The Bertz CT molecular complexity index is 379. The average molecular weight is 195 g/mol. The van der Waals surface area contributed by atoms with Gasteiger partial charge in [-0.1, -0.05) is 19.0 Å². The summed E-state index contributed by atoms with van der Waals surface area (Å²) >= 11 is 0. The first-order chi connectivity index (χ1) is 6.49. The number of nitrogens with zero attached hydrogens (tertiary/aromatic N) is 1. The SMILES string of the molecule is CC1(C)CCc2noc(C(=O)O)c2C1. The Kier molecular flexibility index (Phi) is 1.87. The third-order valence-corrected chi connectivity index (χ3v) is 2.76. The lowest BCUT2D eigenvalue weighted by molar-refractivity contribution is 0.0650. The lowest BCUT2D eigenvalue weighted by atomic mass is 9.76. The number of aromatic carboxylic acids is 1. The van der Waals surface area contributed by atoms with Gasteiger partial charge in [0.05, 0.1) is 5.69 Å². The number of hydrogen-bond donors (Lipinski definition) is 1. The molecule has 0 saturated heterocycles. The molecule has 0 spiro atoms. The molecular formula is C10H13NO3. The van der Waals surface area contributed by atoms with Crippen molar-refractivity contribution in [1.29, 1.82) is 0 Å². The monoisotopic (exact) mass is 195 g/mol. The molecule has 0 atom stereocenters. The van der Waals surface area contributed by atoms with Crippen LogP contribution in [0.1, 0.15) is 42.1 Å². The van der Waals surface area contributed by atoms with Crippen LogP contribution in [-0.4, -0.2) is 16.2 Å². The predicted octanol–water partition coefficient (Wildman–Crippen LogP) is 1.89. The predicted molar refractivity (Wildman–Crippen MR) is 49.3 cm³/mol. The molecule has 1 aliphatic rings. The summed E-state index contributed by atoms with van der Waals surface area (Å²) in [7, 11) is 0. The van der Waals surface area contributed by atoms with Gasteiger partial charge in [-0.15, -0.1) is 0 Å². The number of aryl methyl sites for hydroxylation is 1. The molecule has 0 aliphatic heterocycles. The quantitative estimate of drug-likeness (QED) is 0.743. The number of rotatable bonds is 1. The highest BCUT2D eigenvalue weighted by Gasteiger charge is 2.32. The minimum Gasteiger partial charge on any atom is -0.475 e. The fourth-order valence-electron chi connectivity index (χ4n) is 1.91. The number of hydrogen-bond acceptors (Lipinski definition) is 3. The van der Waals surface area contributed by atoms with Crippen molar-refractivity contribution in [3.8, 4) is 0 Å². The Morgan fingerprint density at radius 2 is 2.29 bits per heavy atom. The molecule has 1 heterocycles. The van der Waals surface area contributed by atoms with Crippen LogP contribution in [0.4, 0.5) is 0 Å². The van der Waals surface area contributed by atoms with Crippen molar-refractivity contribution < 1.29 is 14.4 Å². The largest absolute Gasteiger partial charge is 0.475 e. The Hall–Kier alpha value is -1.32. The summed E-state index contributed by atoms with van der Waals surface area (Å²) in [4.78, 5) is 10.8. The highest BCUT2D eigenvalue weighted by molar-refractivity contribution is 5.86. The van der Waals surface area contributed by atoms with Gasteiger partial charge in [-0.05, 0) is 24.7 Å². The first kappa shape index (κ1) is 9.24. The van der Waals surface area contributed by atoms with Crippen molar-refractivity contribution in [3.63, 3.8) is 0 Å². The number of fused-ring (bicyclic) bond motifs is 1. The van der Waals surface area contributed by atoms with Gasteiger partial charge >= 0.3 is 5.97 Å². The summed E-state index contributed by atoms with van der Waals surface area (Å²) in [5, 5.41) is 12.7. The minimum atomic E-state index is -1.02. The third-order valence-electron chi connectivity index (χ3n) is 2.76. The second-order valence-electron chi connectivity index (χ2n) is 4.58. The molecule has 0 unspecified atom stereocenters. The van der Waals surface area contributed by atoms with Crippen LogP contribution >= 0.6 is 0 Å². The molecule has 1 aromatic rings. The maximum absolute atomic E-state index is 10.8. The number of aromatic nitrogens is 1. The fourth-order valence-corrected chi connectivity index (χ4v) is 1.91. The molecule has 1 N–H and O–H groups in total. The van der Waals surface area contributed by atoms with Crippen LogP contribution in [0, 0.1) is 5.41 Å². The normalized spacial score (nSPS) is 19.0. The van der Waals surface area contributed by atoms with Crippen LogP contribution in [0.5, 0.6) is 0 Å². The summed E-state index contributed by atoms with van der Waals surface area (Å²) in [5.74, 6) is -0.996. The van der Waals surface area contributed by atoms with Crippen LogP contribution in [0.15, 0.2) is 4.52 Å². The van der Waals surface area contributed by atoms with Gasteiger partial charge in [0.1, 0.15) is 0 Å². The average Bonchev–Trinajstić information content (AvgIpc) is 2.44. The molecule has 76 valence electrons. The second-order valence-corrected chi connectivity index (χ2v) is 4.58. The van der Waals surface area contributed by atoms with E-state index in [0.717, 1.165) is 30.5 Å². The maximum atomic E-state index is 10.8. The van der Waals surface area contributed by atoms with Crippen molar-refractivity contribution in [1.82, 2.24) is 5.16 Å². The number of carboxylic acids is 1.